The van der Waals surface area contributed by atoms with Crippen molar-refractivity contribution in [2.75, 3.05) is 12.8 Å². The first kappa shape index (κ1) is 22.1. The lowest BCUT2D eigenvalue weighted by Gasteiger charge is -2.13. The van der Waals surface area contributed by atoms with E-state index >= 15 is 0 Å². The van der Waals surface area contributed by atoms with E-state index in [2.05, 4.69) is 10.3 Å². The summed E-state index contributed by atoms with van der Waals surface area (Å²) in [7, 11) is 1.53. The standard InChI is InChI=1S/C22H20F3N3O3/c1-30-13-15-8-11-17(20(26)28-15)21(29)27-12-14-6-9-16(10-7-14)31-19-5-3-2-4-18(19)22(23,24)25/h2-11H,12-13H2,1H3,(H2,26,28)(H,27,29). The van der Waals surface area contributed by atoms with Gasteiger partial charge >= 0.3 is 6.18 Å². The molecule has 0 aliphatic carbocycles. The van der Waals surface area contributed by atoms with Crippen LogP contribution < -0.4 is 15.8 Å². The molecule has 0 fully saturated rings. The Hall–Kier alpha value is -3.59. The van der Waals surface area contributed by atoms with Gasteiger partial charge in [-0.2, -0.15) is 13.2 Å². The Bertz CT molecular complexity index is 1050. The van der Waals surface area contributed by atoms with E-state index < -0.39 is 17.6 Å². The lowest BCUT2D eigenvalue weighted by molar-refractivity contribution is -0.138. The van der Waals surface area contributed by atoms with Crippen LogP contribution in [-0.2, 0) is 24.1 Å². The van der Waals surface area contributed by atoms with Crippen LogP contribution in [0.25, 0.3) is 0 Å². The predicted octanol–water partition coefficient (Wildman–Crippen LogP) is 4.55. The molecule has 3 N–H and O–H groups in total. The van der Waals surface area contributed by atoms with Crippen LogP contribution in [0.3, 0.4) is 0 Å². The second-order valence-electron chi connectivity index (χ2n) is 6.59. The number of halogens is 3. The van der Waals surface area contributed by atoms with E-state index in [0.717, 1.165) is 11.6 Å². The van der Waals surface area contributed by atoms with Gasteiger partial charge in [-0.05, 0) is 42.0 Å². The number of hydrogen-bond donors (Lipinski definition) is 2. The van der Waals surface area contributed by atoms with E-state index in [1.807, 2.05) is 0 Å². The van der Waals surface area contributed by atoms with E-state index in [-0.39, 0.29) is 36.0 Å². The molecule has 0 bridgehead atoms. The summed E-state index contributed by atoms with van der Waals surface area (Å²) in [6.07, 6.45) is -4.51. The second kappa shape index (κ2) is 9.48. The highest BCUT2D eigenvalue weighted by atomic mass is 19.4. The molecule has 3 aromatic rings. The number of nitrogens with two attached hydrogens (primary N) is 1. The number of carbonyl (C=O) groups excluding carboxylic acids is 1. The highest BCUT2D eigenvalue weighted by molar-refractivity contribution is 5.98. The Balaban J connectivity index is 1.62. The van der Waals surface area contributed by atoms with Gasteiger partial charge in [0.25, 0.3) is 5.91 Å². The van der Waals surface area contributed by atoms with E-state index in [4.69, 9.17) is 15.2 Å². The van der Waals surface area contributed by atoms with Crippen LogP contribution in [0.15, 0.2) is 60.7 Å². The number of amides is 1. The smallest absolute Gasteiger partial charge is 0.419 e. The van der Waals surface area contributed by atoms with Crippen molar-refractivity contribution in [3.63, 3.8) is 0 Å². The third-order valence-corrected chi connectivity index (χ3v) is 4.32. The number of hydrogen-bond acceptors (Lipinski definition) is 5. The van der Waals surface area contributed by atoms with Crippen molar-refractivity contribution in [2.24, 2.45) is 0 Å². The van der Waals surface area contributed by atoms with Gasteiger partial charge in [0.15, 0.2) is 0 Å². The summed E-state index contributed by atoms with van der Waals surface area (Å²) in [5, 5.41) is 2.73. The van der Waals surface area contributed by atoms with Gasteiger partial charge in [-0.1, -0.05) is 24.3 Å². The average molecular weight is 431 g/mol. The molecule has 0 radical (unpaired) electrons. The van der Waals surface area contributed by atoms with Gasteiger partial charge in [0, 0.05) is 13.7 Å². The van der Waals surface area contributed by atoms with Crippen molar-refractivity contribution in [1.29, 1.82) is 0 Å². The molecule has 2 aromatic carbocycles. The van der Waals surface area contributed by atoms with Crippen LogP contribution in [-0.4, -0.2) is 18.0 Å². The summed E-state index contributed by atoms with van der Waals surface area (Å²) < 4.78 is 49.6. The molecule has 0 spiro atoms. The number of ether oxygens (including phenoxy) is 2. The van der Waals surface area contributed by atoms with E-state index in [1.165, 1.54) is 37.4 Å². The second-order valence-corrected chi connectivity index (χ2v) is 6.59. The van der Waals surface area contributed by atoms with Gasteiger partial charge in [0.2, 0.25) is 0 Å². The van der Waals surface area contributed by atoms with Crippen LogP contribution in [0, 0.1) is 0 Å². The van der Waals surface area contributed by atoms with Crippen molar-refractivity contribution in [3.05, 3.63) is 83.0 Å². The summed E-state index contributed by atoms with van der Waals surface area (Å²) in [5.41, 5.74) is 6.56. The molecule has 0 aliphatic heterocycles. The molecule has 6 nitrogen and oxygen atoms in total. The first-order valence-electron chi connectivity index (χ1n) is 9.23. The molecule has 3 rings (SSSR count). The maximum absolute atomic E-state index is 13.1. The topological polar surface area (TPSA) is 86.5 Å². The van der Waals surface area contributed by atoms with Crippen LogP contribution in [0.2, 0.25) is 0 Å². The molecule has 1 amide bonds. The zero-order valence-electron chi connectivity index (χ0n) is 16.6. The lowest BCUT2D eigenvalue weighted by atomic mass is 10.1. The van der Waals surface area contributed by atoms with E-state index in [0.29, 0.717) is 5.69 Å². The number of carbonyl (C=O) groups is 1. The Morgan fingerprint density at radius 2 is 1.77 bits per heavy atom. The number of nitrogens with one attached hydrogen (secondary N) is 1. The van der Waals surface area contributed by atoms with Gasteiger partial charge < -0.3 is 20.5 Å². The summed E-state index contributed by atoms with van der Waals surface area (Å²) in [5.74, 6) is -0.336. The molecule has 9 heteroatoms. The minimum Gasteiger partial charge on any atom is -0.457 e. The number of anilines is 1. The Kier molecular flexibility index (Phi) is 6.76. The van der Waals surface area contributed by atoms with Crippen LogP contribution in [0.1, 0.15) is 27.2 Å². The molecule has 1 heterocycles. The maximum atomic E-state index is 13.1. The van der Waals surface area contributed by atoms with Gasteiger partial charge in [0.05, 0.1) is 23.4 Å². The third-order valence-electron chi connectivity index (χ3n) is 4.32. The zero-order valence-corrected chi connectivity index (χ0v) is 16.6. The van der Waals surface area contributed by atoms with Crippen molar-refractivity contribution in [3.8, 4) is 11.5 Å². The zero-order chi connectivity index (χ0) is 22.4. The number of para-hydroxylation sites is 1. The number of benzene rings is 2. The van der Waals surface area contributed by atoms with Crippen LogP contribution in [0.4, 0.5) is 19.0 Å². The molecule has 31 heavy (non-hydrogen) atoms. The molecule has 0 atom stereocenters. The van der Waals surface area contributed by atoms with E-state index in [1.54, 1.807) is 24.3 Å². The fourth-order valence-corrected chi connectivity index (χ4v) is 2.81. The maximum Gasteiger partial charge on any atom is 0.419 e. The molecule has 0 saturated heterocycles. The Morgan fingerprint density at radius 3 is 2.42 bits per heavy atom. The summed E-state index contributed by atoms with van der Waals surface area (Å²) in [6, 6.07) is 14.6. The largest absolute Gasteiger partial charge is 0.457 e. The number of aromatic nitrogens is 1. The first-order chi connectivity index (χ1) is 14.8. The minimum absolute atomic E-state index is 0.0964. The minimum atomic E-state index is -4.51. The van der Waals surface area contributed by atoms with Crippen molar-refractivity contribution in [1.82, 2.24) is 10.3 Å². The van der Waals surface area contributed by atoms with Gasteiger partial charge in [-0.15, -0.1) is 0 Å². The van der Waals surface area contributed by atoms with E-state index in [9.17, 15) is 18.0 Å². The fraction of sp³-hybridized carbons (Fsp3) is 0.182. The fourth-order valence-electron chi connectivity index (χ4n) is 2.81. The molecule has 162 valence electrons. The molecular weight excluding hydrogens is 411 g/mol. The highest BCUT2D eigenvalue weighted by Gasteiger charge is 2.34. The summed E-state index contributed by atoms with van der Waals surface area (Å²) in [4.78, 5) is 16.5. The van der Waals surface area contributed by atoms with Crippen molar-refractivity contribution in [2.45, 2.75) is 19.3 Å². The van der Waals surface area contributed by atoms with Crippen molar-refractivity contribution >= 4 is 11.7 Å². The quantitative estimate of drug-likeness (QED) is 0.573. The molecule has 0 saturated carbocycles. The average Bonchev–Trinajstić information content (AvgIpc) is 2.73. The van der Waals surface area contributed by atoms with Gasteiger partial charge in [0.1, 0.15) is 17.3 Å². The monoisotopic (exact) mass is 431 g/mol. The molecular formula is C22H20F3N3O3. The summed E-state index contributed by atoms with van der Waals surface area (Å²) >= 11 is 0. The van der Waals surface area contributed by atoms with Gasteiger partial charge in [-0.3, -0.25) is 4.79 Å². The molecule has 0 unspecified atom stereocenters. The highest BCUT2D eigenvalue weighted by Crippen LogP contribution is 2.37. The number of nitrogens with zero attached hydrogens (tertiary/aromatic N) is 1. The Morgan fingerprint density at radius 1 is 1.06 bits per heavy atom. The molecule has 0 aliphatic rings. The lowest BCUT2D eigenvalue weighted by Crippen LogP contribution is -2.24. The van der Waals surface area contributed by atoms with Crippen molar-refractivity contribution < 1.29 is 27.4 Å². The van der Waals surface area contributed by atoms with Crippen LogP contribution >= 0.6 is 0 Å². The first-order valence-corrected chi connectivity index (χ1v) is 9.23. The SMILES string of the molecule is COCc1ccc(C(=O)NCc2ccc(Oc3ccccc3C(F)(F)F)cc2)c(N)n1. The number of alkyl halides is 3. The predicted molar refractivity (Wildman–Crippen MR) is 108 cm³/mol. The number of pyridine rings is 1. The Labute approximate surface area is 176 Å². The third kappa shape index (κ3) is 5.73. The van der Waals surface area contributed by atoms with Gasteiger partial charge in [-0.25, -0.2) is 4.98 Å². The summed E-state index contributed by atoms with van der Waals surface area (Å²) in [6.45, 7) is 0.478. The number of methoxy groups -OCH3 is 1. The number of rotatable bonds is 7. The normalized spacial score (nSPS) is 11.2. The van der Waals surface area contributed by atoms with Crippen LogP contribution in [0.5, 0.6) is 11.5 Å². The number of nitrogen functional groups attached to an aromatic ring is 1. The molecule has 1 aromatic heterocycles.